The van der Waals surface area contributed by atoms with Crippen LogP contribution in [0.1, 0.15) is 26.2 Å². The summed E-state index contributed by atoms with van der Waals surface area (Å²) in [5.41, 5.74) is -2.17. The van der Waals surface area contributed by atoms with Gasteiger partial charge in [0.2, 0.25) is 0 Å². The van der Waals surface area contributed by atoms with Crippen molar-refractivity contribution in [1.29, 1.82) is 0 Å². The topological polar surface area (TPSA) is 78.4 Å². The third-order valence-electron chi connectivity index (χ3n) is 2.66. The zero-order valence-electron chi connectivity index (χ0n) is 9.10. The minimum absolute atomic E-state index is 0.0990. The molecule has 0 radical (unpaired) electrons. The van der Waals surface area contributed by atoms with Gasteiger partial charge in [-0.1, -0.05) is 6.92 Å². The predicted molar refractivity (Wildman–Crippen MR) is 51.4 cm³/mol. The molecule has 1 unspecified atom stereocenters. The number of carbonyl (C=O) groups excluding carboxylic acids is 1. The Morgan fingerprint density at radius 3 is 2.24 bits per heavy atom. The molecule has 0 aromatic carbocycles. The molecule has 1 fully saturated rings. The van der Waals surface area contributed by atoms with Crippen molar-refractivity contribution in [3.8, 4) is 0 Å². The molecule has 5 nitrogen and oxygen atoms in total. The Bertz CT molecular complexity index is 326. The Labute approximate surface area is 95.4 Å². The molecule has 8 heteroatoms. The lowest BCUT2D eigenvalue weighted by molar-refractivity contribution is -0.162. The SMILES string of the molecule is CCC(NC(=O)NC1(C(F)(F)F)CC1)C(=O)O. The van der Waals surface area contributed by atoms with Crippen LogP contribution < -0.4 is 10.6 Å². The third kappa shape index (κ3) is 3.01. The van der Waals surface area contributed by atoms with E-state index in [4.69, 9.17) is 5.11 Å². The highest BCUT2D eigenvalue weighted by atomic mass is 19.4. The van der Waals surface area contributed by atoms with Crippen molar-refractivity contribution in [2.75, 3.05) is 0 Å². The van der Waals surface area contributed by atoms with Gasteiger partial charge in [-0.25, -0.2) is 9.59 Å². The monoisotopic (exact) mass is 254 g/mol. The van der Waals surface area contributed by atoms with Gasteiger partial charge in [0.05, 0.1) is 0 Å². The Morgan fingerprint density at radius 2 is 1.94 bits per heavy atom. The van der Waals surface area contributed by atoms with E-state index in [1.165, 1.54) is 6.92 Å². The number of halogens is 3. The maximum atomic E-state index is 12.5. The van der Waals surface area contributed by atoms with Crippen LogP contribution in [-0.2, 0) is 4.79 Å². The molecule has 98 valence electrons. The summed E-state index contributed by atoms with van der Waals surface area (Å²) in [6, 6.07) is -2.28. The first-order chi connectivity index (χ1) is 7.72. The molecular weight excluding hydrogens is 241 g/mol. The second kappa shape index (κ2) is 4.42. The fourth-order valence-electron chi connectivity index (χ4n) is 1.35. The molecule has 0 heterocycles. The van der Waals surface area contributed by atoms with E-state index in [0.29, 0.717) is 0 Å². The van der Waals surface area contributed by atoms with Crippen LogP contribution in [0.25, 0.3) is 0 Å². The lowest BCUT2D eigenvalue weighted by atomic mass is 10.2. The summed E-state index contributed by atoms with van der Waals surface area (Å²) in [5.74, 6) is -1.28. The summed E-state index contributed by atoms with van der Waals surface area (Å²) in [5, 5.41) is 12.4. The van der Waals surface area contributed by atoms with Gasteiger partial charge in [0, 0.05) is 0 Å². The molecule has 17 heavy (non-hydrogen) atoms. The molecule has 0 saturated heterocycles. The molecular formula is C9H13F3N2O3. The normalized spacial score (nSPS) is 19.3. The van der Waals surface area contributed by atoms with Crippen molar-refractivity contribution in [2.24, 2.45) is 0 Å². The van der Waals surface area contributed by atoms with Crippen molar-refractivity contribution in [3.05, 3.63) is 0 Å². The summed E-state index contributed by atoms with van der Waals surface area (Å²) < 4.78 is 37.4. The van der Waals surface area contributed by atoms with E-state index in [0.717, 1.165) is 0 Å². The highest BCUT2D eigenvalue weighted by molar-refractivity contribution is 5.83. The number of aliphatic carboxylic acids is 1. The lowest BCUT2D eigenvalue weighted by Gasteiger charge is -2.22. The van der Waals surface area contributed by atoms with E-state index in [2.05, 4.69) is 0 Å². The zero-order valence-corrected chi connectivity index (χ0v) is 9.10. The van der Waals surface area contributed by atoms with Gasteiger partial charge < -0.3 is 15.7 Å². The number of rotatable bonds is 4. The fraction of sp³-hybridized carbons (Fsp3) is 0.778. The van der Waals surface area contributed by atoms with Crippen LogP contribution in [0.5, 0.6) is 0 Å². The fourth-order valence-corrected chi connectivity index (χ4v) is 1.35. The third-order valence-corrected chi connectivity index (χ3v) is 2.66. The Morgan fingerprint density at radius 1 is 1.41 bits per heavy atom. The van der Waals surface area contributed by atoms with Crippen LogP contribution >= 0.6 is 0 Å². The van der Waals surface area contributed by atoms with Crippen LogP contribution in [0.3, 0.4) is 0 Å². The van der Waals surface area contributed by atoms with E-state index < -0.39 is 29.8 Å². The van der Waals surface area contributed by atoms with Gasteiger partial charge in [0.25, 0.3) is 0 Å². The van der Waals surface area contributed by atoms with Crippen molar-refractivity contribution in [1.82, 2.24) is 10.6 Å². The largest absolute Gasteiger partial charge is 0.480 e. The molecule has 1 aliphatic rings. The molecule has 0 aromatic heterocycles. The Balaban J connectivity index is 2.54. The van der Waals surface area contributed by atoms with Gasteiger partial charge in [0.15, 0.2) is 0 Å². The highest BCUT2D eigenvalue weighted by Gasteiger charge is 2.64. The predicted octanol–water partition coefficient (Wildman–Crippen LogP) is 1.24. The molecule has 2 amide bonds. The number of hydrogen-bond donors (Lipinski definition) is 3. The van der Waals surface area contributed by atoms with Gasteiger partial charge in [-0.05, 0) is 19.3 Å². The number of carboxylic acids is 1. The quantitative estimate of drug-likeness (QED) is 0.706. The van der Waals surface area contributed by atoms with Crippen molar-refractivity contribution in [2.45, 2.75) is 43.9 Å². The van der Waals surface area contributed by atoms with Crippen LogP contribution in [0.15, 0.2) is 0 Å². The second-order valence-electron chi connectivity index (χ2n) is 3.98. The van der Waals surface area contributed by atoms with Crippen LogP contribution in [0, 0.1) is 0 Å². The second-order valence-corrected chi connectivity index (χ2v) is 3.98. The van der Waals surface area contributed by atoms with Gasteiger partial charge in [0.1, 0.15) is 11.6 Å². The van der Waals surface area contributed by atoms with Gasteiger partial charge in [-0.15, -0.1) is 0 Å². The standard InChI is InChI=1S/C9H13F3N2O3/c1-2-5(6(15)16)13-7(17)14-8(3-4-8)9(10,11)12/h5H,2-4H2,1H3,(H,15,16)(H2,13,14,17). The van der Waals surface area contributed by atoms with Gasteiger partial charge in [-0.2, -0.15) is 13.2 Å². The number of nitrogens with one attached hydrogen (secondary N) is 2. The molecule has 1 aliphatic carbocycles. The van der Waals surface area contributed by atoms with E-state index in [1.54, 1.807) is 5.32 Å². The van der Waals surface area contributed by atoms with Crippen molar-refractivity contribution < 1.29 is 27.9 Å². The molecule has 1 rings (SSSR count). The van der Waals surface area contributed by atoms with Crippen molar-refractivity contribution >= 4 is 12.0 Å². The molecule has 0 aromatic rings. The first-order valence-electron chi connectivity index (χ1n) is 5.10. The first-order valence-corrected chi connectivity index (χ1v) is 5.10. The van der Waals surface area contributed by atoms with E-state index in [1.807, 2.05) is 5.32 Å². The van der Waals surface area contributed by atoms with E-state index in [9.17, 15) is 22.8 Å². The van der Waals surface area contributed by atoms with Crippen LogP contribution in [-0.4, -0.2) is 34.9 Å². The minimum Gasteiger partial charge on any atom is -0.480 e. The smallest absolute Gasteiger partial charge is 0.411 e. The summed E-state index contributed by atoms with van der Waals surface area (Å²) in [4.78, 5) is 21.8. The molecule has 0 aliphatic heterocycles. The first kappa shape index (κ1) is 13.6. The maximum Gasteiger partial charge on any atom is 0.411 e. The van der Waals surface area contributed by atoms with E-state index >= 15 is 0 Å². The summed E-state index contributed by atoms with van der Waals surface area (Å²) in [6.07, 6.45) is -4.75. The van der Waals surface area contributed by atoms with Crippen molar-refractivity contribution in [3.63, 3.8) is 0 Å². The van der Waals surface area contributed by atoms with E-state index in [-0.39, 0.29) is 19.3 Å². The molecule has 0 spiro atoms. The average molecular weight is 254 g/mol. The molecule has 3 N–H and O–H groups in total. The Hall–Kier alpha value is -1.47. The minimum atomic E-state index is -4.50. The van der Waals surface area contributed by atoms with Crippen LogP contribution in [0.2, 0.25) is 0 Å². The number of carbonyl (C=O) groups is 2. The maximum absolute atomic E-state index is 12.5. The number of carboxylic acid groups (broad SMARTS) is 1. The zero-order chi connectivity index (χ0) is 13.3. The molecule has 1 saturated carbocycles. The number of hydrogen-bond acceptors (Lipinski definition) is 2. The van der Waals surface area contributed by atoms with Crippen LogP contribution in [0.4, 0.5) is 18.0 Å². The average Bonchev–Trinajstić information content (AvgIpc) is 2.93. The number of urea groups is 1. The molecule has 1 atom stereocenters. The highest BCUT2D eigenvalue weighted by Crippen LogP contribution is 2.48. The lowest BCUT2D eigenvalue weighted by Crippen LogP contribution is -2.54. The summed E-state index contributed by atoms with van der Waals surface area (Å²) in [6.45, 7) is 1.51. The number of alkyl halides is 3. The number of amides is 2. The van der Waals surface area contributed by atoms with Gasteiger partial charge >= 0.3 is 18.2 Å². The van der Waals surface area contributed by atoms with Gasteiger partial charge in [-0.3, -0.25) is 0 Å². The summed E-state index contributed by atoms with van der Waals surface area (Å²) in [7, 11) is 0. The summed E-state index contributed by atoms with van der Waals surface area (Å²) >= 11 is 0. The molecule has 0 bridgehead atoms. The Kier molecular flexibility index (Phi) is 3.53.